The maximum absolute atomic E-state index is 11.8. The van der Waals surface area contributed by atoms with Gasteiger partial charge in [-0.15, -0.1) is 0 Å². The summed E-state index contributed by atoms with van der Waals surface area (Å²) in [6, 6.07) is 6.70. The van der Waals surface area contributed by atoms with Crippen LogP contribution in [0.25, 0.3) is 6.08 Å². The second kappa shape index (κ2) is 14.1. The standard InChI is InChI=1S/C25H30O12/c1-14(26)32-13-21-22(34-16(3)28)23(35-17(4)29)24(36-18(5)30)25(37-21)31-12-6-7-19-8-10-20(11-9-19)33-15(2)27/h6-11,21-25H,12-13H2,1-5H3/b7-6-/t21-,22-,23+,24-,25+/m1/s1. The lowest BCUT2D eigenvalue weighted by Crippen LogP contribution is -2.62. The Kier molecular flexibility index (Phi) is 11.2. The van der Waals surface area contributed by atoms with Gasteiger partial charge in [-0.2, -0.15) is 0 Å². The third-order valence-corrected chi connectivity index (χ3v) is 4.76. The van der Waals surface area contributed by atoms with Crippen LogP contribution in [0.5, 0.6) is 5.75 Å². The summed E-state index contributed by atoms with van der Waals surface area (Å²) in [6.45, 7) is 5.54. The first kappa shape index (κ1) is 29.5. The predicted molar refractivity (Wildman–Crippen MR) is 125 cm³/mol. The minimum absolute atomic E-state index is 0.0283. The zero-order valence-corrected chi connectivity index (χ0v) is 21.2. The Balaban J connectivity index is 2.22. The van der Waals surface area contributed by atoms with Crippen LogP contribution in [-0.2, 0) is 52.4 Å². The average Bonchev–Trinajstić information content (AvgIpc) is 2.78. The van der Waals surface area contributed by atoms with E-state index in [0.717, 1.165) is 26.3 Å². The highest BCUT2D eigenvalue weighted by molar-refractivity contribution is 5.70. The molecule has 0 amide bonds. The van der Waals surface area contributed by atoms with Gasteiger partial charge in [0.2, 0.25) is 0 Å². The molecule has 0 radical (unpaired) electrons. The molecule has 202 valence electrons. The molecule has 0 bridgehead atoms. The van der Waals surface area contributed by atoms with Gasteiger partial charge in [0.15, 0.2) is 24.6 Å². The Morgan fingerprint density at radius 3 is 1.86 bits per heavy atom. The van der Waals surface area contributed by atoms with Gasteiger partial charge in [-0.1, -0.05) is 24.3 Å². The number of benzene rings is 1. The third kappa shape index (κ3) is 10.0. The Labute approximate surface area is 213 Å². The fourth-order valence-corrected chi connectivity index (χ4v) is 3.47. The van der Waals surface area contributed by atoms with E-state index in [4.69, 9.17) is 33.2 Å². The molecule has 1 aliphatic heterocycles. The minimum atomic E-state index is -1.30. The van der Waals surface area contributed by atoms with E-state index in [1.165, 1.54) is 13.8 Å². The van der Waals surface area contributed by atoms with Crippen LogP contribution in [0.3, 0.4) is 0 Å². The molecule has 12 heteroatoms. The second-order valence-electron chi connectivity index (χ2n) is 7.97. The highest BCUT2D eigenvalue weighted by Crippen LogP contribution is 2.30. The number of carbonyl (C=O) groups excluding carboxylic acids is 5. The van der Waals surface area contributed by atoms with E-state index in [1.807, 2.05) is 0 Å². The van der Waals surface area contributed by atoms with E-state index >= 15 is 0 Å². The van der Waals surface area contributed by atoms with Gasteiger partial charge in [-0.3, -0.25) is 24.0 Å². The van der Waals surface area contributed by atoms with Gasteiger partial charge in [0.1, 0.15) is 18.5 Å². The summed E-state index contributed by atoms with van der Waals surface area (Å²) in [5.74, 6) is -2.82. The SMILES string of the molecule is CC(=O)OC[C@H]1O[C@H](OC/C=C\c2ccc(OC(C)=O)cc2)[C@H](OC(C)=O)[C@@H](OC(C)=O)[C@@H]1OC(C)=O. The number of hydrogen-bond donors (Lipinski definition) is 0. The molecule has 2 rings (SSSR count). The van der Waals surface area contributed by atoms with E-state index in [0.29, 0.717) is 5.75 Å². The van der Waals surface area contributed by atoms with Crippen LogP contribution in [-0.4, -0.2) is 73.8 Å². The molecule has 0 unspecified atom stereocenters. The molecular weight excluding hydrogens is 492 g/mol. The van der Waals surface area contributed by atoms with Crippen molar-refractivity contribution in [3.05, 3.63) is 35.9 Å². The maximum Gasteiger partial charge on any atom is 0.308 e. The zero-order valence-electron chi connectivity index (χ0n) is 21.2. The third-order valence-electron chi connectivity index (χ3n) is 4.76. The summed E-state index contributed by atoms with van der Waals surface area (Å²) in [4.78, 5) is 57.8. The fourth-order valence-electron chi connectivity index (χ4n) is 3.47. The molecule has 1 aromatic carbocycles. The van der Waals surface area contributed by atoms with Crippen LogP contribution in [0, 0.1) is 0 Å². The molecule has 12 nitrogen and oxygen atoms in total. The van der Waals surface area contributed by atoms with Gasteiger partial charge in [-0.25, -0.2) is 0 Å². The van der Waals surface area contributed by atoms with Crippen molar-refractivity contribution in [3.63, 3.8) is 0 Å². The summed E-state index contributed by atoms with van der Waals surface area (Å²) in [5.41, 5.74) is 0.779. The van der Waals surface area contributed by atoms with Crippen molar-refractivity contribution in [2.24, 2.45) is 0 Å². The molecular formula is C25H30O12. The van der Waals surface area contributed by atoms with Crippen molar-refractivity contribution >= 4 is 35.9 Å². The highest BCUT2D eigenvalue weighted by Gasteiger charge is 2.52. The topological polar surface area (TPSA) is 150 Å². The van der Waals surface area contributed by atoms with Crippen molar-refractivity contribution in [1.82, 2.24) is 0 Å². The number of hydrogen-bond acceptors (Lipinski definition) is 12. The monoisotopic (exact) mass is 522 g/mol. The van der Waals surface area contributed by atoms with Crippen molar-refractivity contribution in [1.29, 1.82) is 0 Å². The van der Waals surface area contributed by atoms with Crippen LogP contribution >= 0.6 is 0 Å². The van der Waals surface area contributed by atoms with Gasteiger partial charge < -0.3 is 33.2 Å². The van der Waals surface area contributed by atoms with Crippen molar-refractivity contribution < 1.29 is 57.1 Å². The summed E-state index contributed by atoms with van der Waals surface area (Å²) < 4.78 is 37.6. The van der Waals surface area contributed by atoms with Gasteiger partial charge in [-0.05, 0) is 17.7 Å². The molecule has 0 N–H and O–H groups in total. The zero-order chi connectivity index (χ0) is 27.5. The minimum Gasteiger partial charge on any atom is -0.463 e. The Hall–Kier alpha value is -3.77. The number of rotatable bonds is 10. The smallest absolute Gasteiger partial charge is 0.308 e. The number of ether oxygens (including phenoxy) is 7. The van der Waals surface area contributed by atoms with E-state index in [9.17, 15) is 24.0 Å². The molecule has 37 heavy (non-hydrogen) atoms. The summed E-state index contributed by atoms with van der Waals surface area (Å²) >= 11 is 0. The largest absolute Gasteiger partial charge is 0.463 e. The Morgan fingerprint density at radius 2 is 1.32 bits per heavy atom. The van der Waals surface area contributed by atoms with Crippen LogP contribution in [0.2, 0.25) is 0 Å². The first-order valence-electron chi connectivity index (χ1n) is 11.3. The molecule has 1 fully saturated rings. The summed E-state index contributed by atoms with van der Waals surface area (Å²) in [5, 5.41) is 0. The van der Waals surface area contributed by atoms with Crippen molar-refractivity contribution in [3.8, 4) is 5.75 Å². The molecule has 1 aromatic rings. The lowest BCUT2D eigenvalue weighted by Gasteiger charge is -2.43. The van der Waals surface area contributed by atoms with Crippen LogP contribution in [0.4, 0.5) is 0 Å². The first-order chi connectivity index (χ1) is 17.5. The van der Waals surface area contributed by atoms with Gasteiger partial charge in [0, 0.05) is 34.6 Å². The molecule has 0 spiro atoms. The molecule has 5 atom stereocenters. The molecule has 0 aliphatic carbocycles. The molecule has 0 saturated carbocycles. The average molecular weight is 523 g/mol. The Bertz CT molecular complexity index is 999. The lowest BCUT2D eigenvalue weighted by molar-refractivity contribution is -0.305. The van der Waals surface area contributed by atoms with Gasteiger partial charge in [0.25, 0.3) is 0 Å². The molecule has 1 heterocycles. The second-order valence-corrected chi connectivity index (χ2v) is 7.97. The first-order valence-corrected chi connectivity index (χ1v) is 11.3. The quantitative estimate of drug-likeness (QED) is 0.250. The molecule has 0 aromatic heterocycles. The van der Waals surface area contributed by atoms with Crippen LogP contribution in [0.1, 0.15) is 40.2 Å². The van der Waals surface area contributed by atoms with E-state index in [1.54, 1.807) is 36.4 Å². The highest BCUT2D eigenvalue weighted by atomic mass is 16.7. The fraction of sp³-hybridized carbons (Fsp3) is 0.480. The van der Waals surface area contributed by atoms with Gasteiger partial charge in [0.05, 0.1) is 6.61 Å². The number of carbonyl (C=O) groups is 5. The predicted octanol–water partition coefficient (Wildman–Crippen LogP) is 1.72. The molecule has 1 aliphatic rings. The molecule has 1 saturated heterocycles. The van der Waals surface area contributed by atoms with Crippen LogP contribution in [0.15, 0.2) is 30.3 Å². The van der Waals surface area contributed by atoms with E-state index in [2.05, 4.69) is 0 Å². The van der Waals surface area contributed by atoms with Crippen LogP contribution < -0.4 is 4.74 Å². The van der Waals surface area contributed by atoms with Gasteiger partial charge >= 0.3 is 29.8 Å². The van der Waals surface area contributed by atoms with Crippen molar-refractivity contribution in [2.45, 2.75) is 65.3 Å². The summed E-state index contributed by atoms with van der Waals surface area (Å²) in [6.07, 6.45) is -2.84. The van der Waals surface area contributed by atoms with E-state index < -0.39 is 60.6 Å². The summed E-state index contributed by atoms with van der Waals surface area (Å²) in [7, 11) is 0. The Morgan fingerprint density at radius 1 is 0.757 bits per heavy atom. The van der Waals surface area contributed by atoms with E-state index in [-0.39, 0.29) is 13.2 Å². The number of esters is 5. The maximum atomic E-state index is 11.8. The lowest BCUT2D eigenvalue weighted by atomic mass is 9.98. The van der Waals surface area contributed by atoms with Crippen molar-refractivity contribution in [2.75, 3.05) is 13.2 Å². The normalized spacial score (nSPS) is 23.1.